The third-order valence-electron chi connectivity index (χ3n) is 8.76. The van der Waals surface area contributed by atoms with Gasteiger partial charge in [0, 0.05) is 6.66 Å². The van der Waals surface area contributed by atoms with E-state index >= 15 is 0 Å². The molecule has 0 aromatic rings. The molecule has 10 atom stereocenters. The van der Waals surface area contributed by atoms with E-state index < -0.39 is 75.2 Å². The normalized spacial score (nSPS) is 34.7. The van der Waals surface area contributed by atoms with Crippen molar-refractivity contribution >= 4 is 32.5 Å². The van der Waals surface area contributed by atoms with E-state index in [1.807, 2.05) is 13.8 Å². The van der Waals surface area contributed by atoms with Crippen molar-refractivity contribution in [1.82, 2.24) is 0 Å². The number of ether oxygens (including phenoxy) is 2. The summed E-state index contributed by atoms with van der Waals surface area (Å²) in [5, 5.41) is 9.80. The first-order valence-corrected chi connectivity index (χ1v) is 23.1. The van der Waals surface area contributed by atoms with Crippen molar-refractivity contribution in [2.45, 2.75) is 140 Å². The van der Waals surface area contributed by atoms with Crippen LogP contribution < -0.4 is 0 Å². The molecule has 2 N–H and O–H groups in total. The van der Waals surface area contributed by atoms with E-state index in [1.165, 1.54) is 6.66 Å². The summed E-state index contributed by atoms with van der Waals surface area (Å²) in [4.78, 5) is 9.63. The lowest BCUT2D eigenvalue weighted by Crippen LogP contribution is -2.49. The summed E-state index contributed by atoms with van der Waals surface area (Å²) in [6.07, 6.45) is -5.23. The highest BCUT2D eigenvalue weighted by atomic mass is 31.2. The molecule has 4 unspecified atom stereocenters. The molecule has 238 valence electrons. The fraction of sp³-hybridized carbons (Fsp3) is 1.00. The van der Waals surface area contributed by atoms with Crippen LogP contribution in [0.25, 0.3) is 0 Å². The molecule has 0 bridgehead atoms. The molecule has 11 nitrogen and oxygen atoms in total. The quantitative estimate of drug-likeness (QED) is 0.210. The van der Waals surface area contributed by atoms with Crippen LogP contribution in [0.5, 0.6) is 0 Å². The molecular weight excluding hydrogens is 594 g/mol. The second-order valence-corrected chi connectivity index (χ2v) is 26.4. The first-order chi connectivity index (χ1) is 17.9. The highest BCUT2D eigenvalue weighted by Crippen LogP contribution is 2.50. The molecule has 15 heteroatoms. The molecule has 0 aromatic carbocycles. The largest absolute Gasteiger partial charge is 0.409 e. The van der Waals surface area contributed by atoms with Gasteiger partial charge >= 0.3 is 15.9 Å². The summed E-state index contributed by atoms with van der Waals surface area (Å²) in [6, 6.07) is 0. The highest BCUT2D eigenvalue weighted by molar-refractivity contribution is 7.53. The molecule has 2 rings (SSSR count). The standard InChI is InChI=1S/C25H54O11P2Si2/c1-16-20(35-39(10,11)24(3,4)5)22(33-37(27)28)19(32-16)15-30-38(9,29)34-23-18(14-26)31-17(2)21(23)36-40(12,13)25(6,7)8/h16-23,26,37H,14-15H2,1-13H3,(H,27,28)/t16-,17-,18+,19+,20+,21+,22?,23?,38?/m0/s1. The maximum atomic E-state index is 13.6. The summed E-state index contributed by atoms with van der Waals surface area (Å²) in [6.45, 7) is 25.5. The van der Waals surface area contributed by atoms with Gasteiger partial charge in [-0.1, -0.05) is 41.5 Å². The van der Waals surface area contributed by atoms with Crippen LogP contribution in [0.15, 0.2) is 0 Å². The predicted molar refractivity (Wildman–Crippen MR) is 160 cm³/mol. The molecule has 0 aromatic heterocycles. The lowest BCUT2D eigenvalue weighted by Gasteiger charge is -2.40. The van der Waals surface area contributed by atoms with Crippen LogP contribution in [0.4, 0.5) is 0 Å². The number of hydrogen-bond acceptors (Lipinski definition) is 10. The highest BCUT2D eigenvalue weighted by Gasteiger charge is 2.52. The fourth-order valence-corrected chi connectivity index (χ4v) is 8.72. The van der Waals surface area contributed by atoms with Crippen LogP contribution in [-0.4, -0.2) is 95.3 Å². The first-order valence-electron chi connectivity index (χ1n) is 14.0. The molecule has 0 aliphatic carbocycles. The second-order valence-electron chi connectivity index (χ2n) is 14.1. The van der Waals surface area contributed by atoms with Crippen LogP contribution in [0.3, 0.4) is 0 Å². The Balaban J connectivity index is 2.19. The van der Waals surface area contributed by atoms with Crippen LogP contribution in [0.1, 0.15) is 55.4 Å². The first kappa shape index (κ1) is 36.7. The van der Waals surface area contributed by atoms with Crippen LogP contribution in [0, 0.1) is 0 Å². The van der Waals surface area contributed by atoms with E-state index in [-0.39, 0.29) is 29.4 Å². The van der Waals surface area contributed by atoms with Crippen LogP contribution in [0.2, 0.25) is 36.3 Å². The molecule has 2 saturated heterocycles. The Morgan fingerprint density at radius 1 is 0.825 bits per heavy atom. The Kier molecular flexibility index (Phi) is 12.2. The number of hydrogen-bond donors (Lipinski definition) is 2. The van der Waals surface area contributed by atoms with Gasteiger partial charge in [0.25, 0.3) is 0 Å². The third kappa shape index (κ3) is 9.03. The van der Waals surface area contributed by atoms with E-state index in [4.69, 9.17) is 31.9 Å². The Morgan fingerprint density at radius 2 is 1.25 bits per heavy atom. The topological polar surface area (TPSA) is 139 Å². The molecule has 0 amide bonds. The monoisotopic (exact) mass is 648 g/mol. The minimum absolute atomic E-state index is 0.0793. The fourth-order valence-electron chi connectivity index (χ4n) is 4.31. The molecule has 2 heterocycles. The third-order valence-corrected chi connectivity index (χ3v) is 19.4. The zero-order chi connectivity index (χ0) is 31.1. The summed E-state index contributed by atoms with van der Waals surface area (Å²) in [7, 11) is -11.6. The van der Waals surface area contributed by atoms with Gasteiger partial charge in [0.1, 0.15) is 36.6 Å². The van der Waals surface area contributed by atoms with Crippen LogP contribution >= 0.6 is 15.9 Å². The summed E-state index contributed by atoms with van der Waals surface area (Å²) >= 11 is 0. The van der Waals surface area contributed by atoms with Gasteiger partial charge in [0.05, 0.1) is 25.4 Å². The minimum Gasteiger partial charge on any atom is -0.409 e. The van der Waals surface area contributed by atoms with E-state index in [2.05, 4.69) is 67.7 Å². The Bertz CT molecular complexity index is 921. The average molecular weight is 649 g/mol. The second kappa shape index (κ2) is 13.3. The van der Waals surface area contributed by atoms with Crippen molar-refractivity contribution in [3.8, 4) is 0 Å². The molecule has 0 radical (unpaired) electrons. The van der Waals surface area contributed by atoms with Gasteiger partial charge in [-0.25, -0.2) is 0 Å². The molecular formula is C25H54O11P2Si2. The van der Waals surface area contributed by atoms with Crippen molar-refractivity contribution < 1.29 is 51.0 Å². The van der Waals surface area contributed by atoms with E-state index in [0.717, 1.165) is 0 Å². The van der Waals surface area contributed by atoms with E-state index in [1.54, 1.807) is 0 Å². The zero-order valence-electron chi connectivity index (χ0n) is 26.5. The van der Waals surface area contributed by atoms with Crippen molar-refractivity contribution in [2.75, 3.05) is 19.9 Å². The van der Waals surface area contributed by atoms with E-state index in [9.17, 15) is 19.1 Å². The molecule has 40 heavy (non-hydrogen) atoms. The van der Waals surface area contributed by atoms with Crippen LogP contribution in [-0.2, 0) is 41.0 Å². The summed E-state index contributed by atoms with van der Waals surface area (Å²) in [5.74, 6) is 0. The smallest absolute Gasteiger partial charge is 0.328 e. The van der Waals surface area contributed by atoms with Crippen molar-refractivity contribution in [3.63, 3.8) is 0 Å². The molecule has 0 spiro atoms. The molecule has 2 aliphatic rings. The Morgan fingerprint density at radius 3 is 1.65 bits per heavy atom. The van der Waals surface area contributed by atoms with Gasteiger partial charge in [0.15, 0.2) is 16.6 Å². The predicted octanol–water partition coefficient (Wildman–Crippen LogP) is 5.33. The Hall–Kier alpha value is 0.534. The molecule has 0 saturated carbocycles. The van der Waals surface area contributed by atoms with Crippen molar-refractivity contribution in [3.05, 3.63) is 0 Å². The summed E-state index contributed by atoms with van der Waals surface area (Å²) in [5.41, 5.74) is 0. The maximum Gasteiger partial charge on any atom is 0.328 e. The van der Waals surface area contributed by atoms with Gasteiger partial charge in [-0.2, -0.15) is 0 Å². The Labute approximate surface area is 243 Å². The maximum absolute atomic E-state index is 13.6. The number of rotatable bonds is 12. The van der Waals surface area contributed by atoms with E-state index in [0.29, 0.717) is 0 Å². The van der Waals surface area contributed by atoms with Gasteiger partial charge < -0.3 is 37.4 Å². The molecule has 2 fully saturated rings. The number of aliphatic hydroxyl groups excluding tert-OH is 1. The minimum atomic E-state index is -3.74. The van der Waals surface area contributed by atoms with Gasteiger partial charge in [-0.05, 0) is 50.1 Å². The van der Waals surface area contributed by atoms with Crippen molar-refractivity contribution in [1.29, 1.82) is 0 Å². The summed E-state index contributed by atoms with van der Waals surface area (Å²) < 4.78 is 67.7. The van der Waals surface area contributed by atoms with Gasteiger partial charge in [0.2, 0.25) is 0 Å². The van der Waals surface area contributed by atoms with Gasteiger partial charge in [-0.3, -0.25) is 13.7 Å². The lowest BCUT2D eigenvalue weighted by molar-refractivity contribution is -0.0247. The van der Waals surface area contributed by atoms with Gasteiger partial charge in [-0.15, -0.1) is 0 Å². The SMILES string of the molecule is C[C@@H]1O[C@H](COP(C)(=O)OC2[C@@H](CO)O[C@@H](C)[C@H]2O[Si](C)(C)C(C)(C)C)C(O[PH](=O)O)[C@@H]1O[Si](C)(C)C(C)(C)C. The number of aliphatic hydroxyl groups is 1. The average Bonchev–Trinajstić information content (AvgIpc) is 3.20. The lowest BCUT2D eigenvalue weighted by atomic mass is 10.1. The zero-order valence-corrected chi connectivity index (χ0v) is 30.4. The molecule has 2 aliphatic heterocycles. The van der Waals surface area contributed by atoms with Crippen molar-refractivity contribution in [2.24, 2.45) is 0 Å².